The molecule has 3 aliphatic rings. The lowest BCUT2D eigenvalue weighted by molar-refractivity contribution is -0.148. The van der Waals surface area contributed by atoms with Crippen LogP contribution in [0.25, 0.3) is 0 Å². The van der Waals surface area contributed by atoms with Gasteiger partial charge in [-0.2, -0.15) is 0 Å². The molecule has 3 fully saturated rings. The van der Waals surface area contributed by atoms with Crippen molar-refractivity contribution in [3.05, 3.63) is 0 Å². The normalized spacial score (nSPS) is 37.0. The van der Waals surface area contributed by atoms with E-state index in [-0.39, 0.29) is 0 Å². The molecule has 2 heterocycles. The van der Waals surface area contributed by atoms with Crippen LogP contribution < -0.4 is 0 Å². The third-order valence-corrected chi connectivity index (χ3v) is 5.34. The van der Waals surface area contributed by atoms with E-state index in [1.54, 1.807) is 0 Å². The maximum absolute atomic E-state index is 11.6. The Kier molecular flexibility index (Phi) is 3.56. The summed E-state index contributed by atoms with van der Waals surface area (Å²) in [6.07, 6.45) is 6.63. The summed E-state index contributed by atoms with van der Waals surface area (Å²) in [7, 11) is 0. The van der Waals surface area contributed by atoms with E-state index in [1.165, 1.54) is 32.4 Å². The fourth-order valence-corrected chi connectivity index (χ4v) is 4.02. The molecule has 2 saturated heterocycles. The number of carbonyl (C=O) groups is 1. The molecule has 4 nitrogen and oxygen atoms in total. The van der Waals surface area contributed by atoms with Gasteiger partial charge in [-0.3, -0.25) is 14.6 Å². The fraction of sp³-hybridized carbons (Fsp3) is 0.933. The van der Waals surface area contributed by atoms with Crippen LogP contribution in [0.2, 0.25) is 0 Å². The zero-order chi connectivity index (χ0) is 13.5. The summed E-state index contributed by atoms with van der Waals surface area (Å²) in [6, 6.07) is 1.46. The largest absolute Gasteiger partial charge is 0.481 e. The topological polar surface area (TPSA) is 43.8 Å². The SMILES string of the molecule is CCCC1(C(=O)O)CCN(C2CCN(C3CC3)C2)C1. The van der Waals surface area contributed by atoms with E-state index in [0.717, 1.165) is 38.4 Å². The van der Waals surface area contributed by atoms with Crippen molar-refractivity contribution in [2.75, 3.05) is 26.2 Å². The molecule has 0 bridgehead atoms. The van der Waals surface area contributed by atoms with Crippen molar-refractivity contribution in [3.63, 3.8) is 0 Å². The van der Waals surface area contributed by atoms with Gasteiger partial charge >= 0.3 is 5.97 Å². The molecule has 19 heavy (non-hydrogen) atoms. The maximum Gasteiger partial charge on any atom is 0.310 e. The van der Waals surface area contributed by atoms with Gasteiger partial charge in [0, 0.05) is 31.7 Å². The number of aliphatic carboxylic acids is 1. The van der Waals surface area contributed by atoms with E-state index in [9.17, 15) is 9.90 Å². The van der Waals surface area contributed by atoms with Gasteiger partial charge < -0.3 is 5.11 Å². The second-order valence-corrected chi connectivity index (χ2v) is 6.72. The standard InChI is InChI=1S/C15H26N2O2/c1-2-6-15(14(18)19)7-9-17(11-15)13-5-8-16(10-13)12-3-4-12/h12-13H,2-11H2,1H3,(H,18,19). The third-order valence-electron chi connectivity index (χ3n) is 5.34. The van der Waals surface area contributed by atoms with Crippen LogP contribution in [-0.4, -0.2) is 59.1 Å². The first-order valence-corrected chi connectivity index (χ1v) is 7.86. The van der Waals surface area contributed by atoms with Crippen molar-refractivity contribution in [1.29, 1.82) is 0 Å². The number of likely N-dealkylation sites (tertiary alicyclic amines) is 2. The highest BCUT2D eigenvalue weighted by Gasteiger charge is 2.47. The lowest BCUT2D eigenvalue weighted by Crippen LogP contribution is -2.40. The molecule has 0 amide bonds. The van der Waals surface area contributed by atoms with Gasteiger partial charge in [-0.15, -0.1) is 0 Å². The summed E-state index contributed by atoms with van der Waals surface area (Å²) < 4.78 is 0. The Hall–Kier alpha value is -0.610. The summed E-state index contributed by atoms with van der Waals surface area (Å²) in [4.78, 5) is 16.7. The van der Waals surface area contributed by atoms with Gasteiger partial charge in [-0.25, -0.2) is 0 Å². The van der Waals surface area contributed by atoms with E-state index >= 15 is 0 Å². The molecule has 2 atom stereocenters. The average Bonchev–Trinajstić information content (AvgIpc) is 2.95. The molecule has 0 aromatic carbocycles. The quantitative estimate of drug-likeness (QED) is 0.824. The lowest BCUT2D eigenvalue weighted by atomic mass is 9.83. The second kappa shape index (κ2) is 5.06. The van der Waals surface area contributed by atoms with E-state index in [4.69, 9.17) is 0 Å². The smallest absolute Gasteiger partial charge is 0.310 e. The number of rotatable bonds is 5. The Balaban J connectivity index is 1.60. The second-order valence-electron chi connectivity index (χ2n) is 6.72. The predicted molar refractivity (Wildman–Crippen MR) is 74.2 cm³/mol. The molecule has 0 radical (unpaired) electrons. The van der Waals surface area contributed by atoms with Gasteiger partial charge in [0.1, 0.15) is 0 Å². The highest BCUT2D eigenvalue weighted by atomic mass is 16.4. The summed E-state index contributed by atoms with van der Waals surface area (Å²) in [5.41, 5.74) is -0.457. The molecular formula is C15H26N2O2. The van der Waals surface area contributed by atoms with Crippen LogP contribution in [0.4, 0.5) is 0 Å². The zero-order valence-corrected chi connectivity index (χ0v) is 12.0. The molecule has 0 aromatic heterocycles. The van der Waals surface area contributed by atoms with Crippen molar-refractivity contribution < 1.29 is 9.90 Å². The minimum atomic E-state index is -0.575. The molecule has 2 unspecified atom stereocenters. The predicted octanol–water partition coefficient (Wildman–Crippen LogP) is 1.80. The van der Waals surface area contributed by atoms with Gasteiger partial charge in [0.25, 0.3) is 0 Å². The number of nitrogens with zero attached hydrogens (tertiary/aromatic N) is 2. The van der Waals surface area contributed by atoms with E-state index in [0.29, 0.717) is 6.04 Å². The van der Waals surface area contributed by atoms with Crippen molar-refractivity contribution in [1.82, 2.24) is 9.80 Å². The lowest BCUT2D eigenvalue weighted by Gasteiger charge is -2.28. The Labute approximate surface area is 115 Å². The molecular weight excluding hydrogens is 240 g/mol. The van der Waals surface area contributed by atoms with Crippen LogP contribution in [0, 0.1) is 5.41 Å². The van der Waals surface area contributed by atoms with Crippen molar-refractivity contribution in [3.8, 4) is 0 Å². The van der Waals surface area contributed by atoms with E-state index in [2.05, 4.69) is 16.7 Å². The highest BCUT2D eigenvalue weighted by Crippen LogP contribution is 2.39. The Morgan fingerprint density at radius 1 is 1.21 bits per heavy atom. The molecule has 0 spiro atoms. The van der Waals surface area contributed by atoms with Crippen molar-refractivity contribution >= 4 is 5.97 Å². The van der Waals surface area contributed by atoms with Gasteiger partial charge in [-0.05, 0) is 38.6 Å². The highest BCUT2D eigenvalue weighted by molar-refractivity contribution is 5.75. The van der Waals surface area contributed by atoms with E-state index < -0.39 is 11.4 Å². The monoisotopic (exact) mass is 266 g/mol. The minimum Gasteiger partial charge on any atom is -0.481 e. The molecule has 4 heteroatoms. The van der Waals surface area contributed by atoms with Crippen LogP contribution in [-0.2, 0) is 4.79 Å². The van der Waals surface area contributed by atoms with Crippen LogP contribution >= 0.6 is 0 Å². The van der Waals surface area contributed by atoms with Crippen LogP contribution in [0.5, 0.6) is 0 Å². The minimum absolute atomic E-state index is 0.457. The average molecular weight is 266 g/mol. The summed E-state index contributed by atoms with van der Waals surface area (Å²) >= 11 is 0. The Bertz CT molecular complexity index is 356. The summed E-state index contributed by atoms with van der Waals surface area (Å²) in [5, 5.41) is 9.57. The molecule has 1 N–H and O–H groups in total. The molecule has 3 rings (SSSR count). The summed E-state index contributed by atoms with van der Waals surface area (Å²) in [5.74, 6) is -0.575. The number of carboxylic acid groups (broad SMARTS) is 1. The van der Waals surface area contributed by atoms with Gasteiger partial charge in [0.05, 0.1) is 5.41 Å². The molecule has 2 aliphatic heterocycles. The van der Waals surface area contributed by atoms with Gasteiger partial charge in [0.15, 0.2) is 0 Å². The molecule has 0 aromatic rings. The first-order chi connectivity index (χ1) is 9.14. The molecule has 1 aliphatic carbocycles. The zero-order valence-electron chi connectivity index (χ0n) is 12.0. The Morgan fingerprint density at radius 2 is 2.00 bits per heavy atom. The van der Waals surface area contributed by atoms with Crippen molar-refractivity contribution in [2.45, 2.75) is 57.5 Å². The van der Waals surface area contributed by atoms with Crippen LogP contribution in [0.1, 0.15) is 45.4 Å². The first-order valence-electron chi connectivity index (χ1n) is 7.86. The van der Waals surface area contributed by atoms with Crippen molar-refractivity contribution in [2.24, 2.45) is 5.41 Å². The van der Waals surface area contributed by atoms with Crippen LogP contribution in [0.3, 0.4) is 0 Å². The molecule has 1 saturated carbocycles. The van der Waals surface area contributed by atoms with Gasteiger partial charge in [0.2, 0.25) is 0 Å². The maximum atomic E-state index is 11.6. The summed E-state index contributed by atoms with van der Waals surface area (Å²) in [6.45, 7) is 6.25. The van der Waals surface area contributed by atoms with Crippen LogP contribution in [0.15, 0.2) is 0 Å². The number of hydrogen-bond acceptors (Lipinski definition) is 3. The number of hydrogen-bond donors (Lipinski definition) is 1. The first kappa shape index (κ1) is 13.4. The Morgan fingerprint density at radius 3 is 2.63 bits per heavy atom. The van der Waals surface area contributed by atoms with E-state index in [1.807, 2.05) is 0 Å². The number of carboxylic acids is 1. The van der Waals surface area contributed by atoms with Gasteiger partial charge in [-0.1, -0.05) is 13.3 Å². The molecule has 108 valence electrons. The fourth-order valence-electron chi connectivity index (χ4n) is 4.02. The third kappa shape index (κ3) is 2.52.